The van der Waals surface area contributed by atoms with Crippen LogP contribution in [0.4, 0.5) is 0 Å². The van der Waals surface area contributed by atoms with Gasteiger partial charge in [0.1, 0.15) is 78.8 Å². The zero-order chi connectivity index (χ0) is 92.5. The summed E-state index contributed by atoms with van der Waals surface area (Å²) in [7, 11) is -29.0. The minimum atomic E-state index is -4.97. The number of phenols is 2. The Bertz CT molecular complexity index is 7320. The van der Waals surface area contributed by atoms with E-state index in [1.54, 1.807) is 111 Å². The Kier molecular flexibility index (Phi) is 43.0. The third-order valence-electron chi connectivity index (χ3n) is 18.4. The fourth-order valence-electron chi connectivity index (χ4n) is 12.0. The topological polar surface area (TPSA) is 462 Å². The van der Waals surface area contributed by atoms with Gasteiger partial charge < -0.3 is 48.1 Å². The molecule has 0 fully saturated rings. The second-order valence-corrected chi connectivity index (χ2v) is 38.7. The summed E-state index contributed by atoms with van der Waals surface area (Å²) in [4.78, 5) is -2.10. The highest BCUT2D eigenvalue weighted by Crippen LogP contribution is 2.41. The summed E-state index contributed by atoms with van der Waals surface area (Å²) in [5.74, 6) is 3.01. The summed E-state index contributed by atoms with van der Waals surface area (Å²) < 4.78 is 271. The number of rotatable bonds is 28. The number of aryl methyl sites for hydroxylation is 2. The fourth-order valence-corrected chi connectivity index (χ4v) is 18.5. The molecule has 14 rings (SSSR count). The van der Waals surface area contributed by atoms with Gasteiger partial charge in [-0.2, -0.15) is 16.8 Å². The van der Waals surface area contributed by atoms with Crippen LogP contribution in [0.1, 0.15) is 92.8 Å². The number of benzene rings is 14. The van der Waals surface area contributed by atoms with Crippen LogP contribution in [0.25, 0.3) is 0 Å². The van der Waals surface area contributed by atoms with Gasteiger partial charge in [-0.1, -0.05) is 143 Å². The first-order valence-electron chi connectivity index (χ1n) is 37.1. The smallest absolute Gasteiger partial charge is 0.425 e. The summed E-state index contributed by atoms with van der Waals surface area (Å²) in [5.41, 5.74) is 5.77. The summed E-state index contributed by atoms with van der Waals surface area (Å²) in [6.07, 6.45) is 1.28. The van der Waals surface area contributed by atoms with E-state index in [2.05, 4.69) is 0 Å². The third kappa shape index (κ3) is 31.0. The molecule has 0 heterocycles. The molecule has 0 aliphatic rings. The minimum absolute atomic E-state index is 0. The first-order chi connectivity index (χ1) is 60.6. The molecule has 0 spiro atoms. The van der Waals surface area contributed by atoms with Gasteiger partial charge in [0, 0.05) is 12.1 Å². The lowest BCUT2D eigenvalue weighted by atomic mass is 10.0. The number of hydrogen-bond acceptors (Lipinski definition) is 28. The number of methoxy groups -OCH3 is 2. The first-order valence-corrected chi connectivity index (χ1v) is 47.9. The van der Waals surface area contributed by atoms with Crippen molar-refractivity contribution in [2.45, 2.75) is 135 Å². The van der Waals surface area contributed by atoms with Gasteiger partial charge >= 0.3 is 21.2 Å². The van der Waals surface area contributed by atoms with Gasteiger partial charge in [0.05, 0.1) is 53.4 Å². The summed E-state index contributed by atoms with van der Waals surface area (Å²) >= 11 is 0. The van der Waals surface area contributed by atoms with Crippen LogP contribution < -0.4 is 37.9 Å². The monoisotopic (exact) mass is 2020 g/mol. The van der Waals surface area contributed by atoms with Gasteiger partial charge in [0.25, 0.3) is 20.2 Å². The number of phenolic OH excluding ortho intramolecular Hbond substituents is 2. The molecule has 724 valence electrons. The lowest BCUT2D eigenvalue weighted by molar-refractivity contribution is 0.370. The summed E-state index contributed by atoms with van der Waals surface area (Å²) in [5, 5.41) is 20.7. The van der Waals surface area contributed by atoms with Crippen molar-refractivity contribution in [3.63, 3.8) is 0 Å². The Morgan fingerprint density at radius 1 is 0.228 bits per heavy atom. The molecule has 0 unspecified atom stereocenters. The van der Waals surface area contributed by atoms with E-state index in [9.17, 15) is 69.8 Å². The van der Waals surface area contributed by atoms with E-state index < -0.39 is 102 Å². The average molecular weight is 2020 g/mol. The quantitative estimate of drug-likeness (QED) is 0.0331. The molecule has 0 bridgehead atoms. The minimum Gasteiger partial charge on any atom is -0.504 e. The van der Waals surface area contributed by atoms with Crippen molar-refractivity contribution in [1.29, 1.82) is 0 Å². The number of sulfone groups is 4. The molecule has 4 N–H and O–H groups in total. The maximum Gasteiger partial charge on any atom is 0.425 e. The lowest BCUT2D eigenvalue weighted by Gasteiger charge is -2.13. The normalized spacial score (nSPS) is 10.8. The Morgan fingerprint density at radius 3 is 0.676 bits per heavy atom. The molecule has 0 radical (unpaired) electrons. The van der Waals surface area contributed by atoms with Gasteiger partial charge in [-0.05, 0) is 279 Å². The molecule has 0 aliphatic carbocycles. The largest absolute Gasteiger partial charge is 0.504 e. The van der Waals surface area contributed by atoms with Crippen molar-refractivity contribution in [2.75, 3.05) is 14.2 Å². The van der Waals surface area contributed by atoms with Gasteiger partial charge in [-0.3, -0.25) is 9.11 Å². The van der Waals surface area contributed by atoms with E-state index in [4.69, 9.17) is 63.1 Å². The van der Waals surface area contributed by atoms with E-state index in [1.807, 2.05) is 67.6 Å². The zero-order valence-corrected chi connectivity index (χ0v) is 73.6. The molecule has 136 heavy (non-hydrogen) atoms. The van der Waals surface area contributed by atoms with E-state index >= 15 is 0 Å². The van der Waals surface area contributed by atoms with Gasteiger partial charge in [0.15, 0.2) is 23.0 Å². The molecular weight excluding hydrogens is 1910 g/mol. The summed E-state index contributed by atoms with van der Waals surface area (Å²) in [6.45, 7) is 3.59. The Hall–Kier alpha value is -14.1. The zero-order valence-electron chi connectivity index (χ0n) is 67.1. The van der Waals surface area contributed by atoms with Crippen LogP contribution in [0, 0.1) is 13.8 Å². The predicted octanol–water partition coefficient (Wildman–Crippen LogP) is 22.3. The van der Waals surface area contributed by atoms with Crippen LogP contribution in [0.5, 0.6) is 92.0 Å². The molecule has 38 heteroatoms. The number of aromatic hydroxyl groups is 2. The molecule has 14 aromatic carbocycles. The molecule has 0 aliphatic heterocycles. The van der Waals surface area contributed by atoms with Crippen molar-refractivity contribution in [3.8, 4) is 92.0 Å². The molecule has 0 saturated carbocycles. The highest BCUT2D eigenvalue weighted by Gasteiger charge is 2.28. The SMILES string of the molecule is C.C.C.C.C.C.C.C.COc1ccc(Cc2ccc(Oc3ccc(S(=O)(=O)c4ccc(Oc5ccc(Oc6ccc(S(=O)(=O)c7ccc(C)cc7)cc6S(=O)(=O)O)cc5O)cc4)cc3)cc2)cc1.COc1ccc(Oc2ccc(S(=O)(=O)c3ccc(Oc4ccc(Cc5ccc(Oc6ccc(S(=O)(=O)c7ccc(C)cc7)cc6S(=O)(=O)O)cc5)cc4)cc3)cc2)cc1O.O=S(=O)=O.O=S(=O)=O. The molecule has 0 aromatic heterocycles. The van der Waals surface area contributed by atoms with E-state index in [1.165, 1.54) is 135 Å². The van der Waals surface area contributed by atoms with E-state index in [0.717, 1.165) is 75.9 Å². The van der Waals surface area contributed by atoms with Crippen molar-refractivity contribution in [3.05, 3.63) is 349 Å². The van der Waals surface area contributed by atoms with Crippen molar-refractivity contribution >= 4 is 80.8 Å². The van der Waals surface area contributed by atoms with Crippen molar-refractivity contribution in [2.24, 2.45) is 0 Å². The van der Waals surface area contributed by atoms with Crippen LogP contribution >= 0.6 is 0 Å². The highest BCUT2D eigenvalue weighted by atomic mass is 32.2. The Balaban J connectivity index is 0.000000615. The first kappa shape index (κ1) is 116. The van der Waals surface area contributed by atoms with Gasteiger partial charge in [0.2, 0.25) is 39.3 Å². The third-order valence-corrected chi connectivity index (χ3v) is 27.3. The lowest BCUT2D eigenvalue weighted by Crippen LogP contribution is -2.06. The second kappa shape index (κ2) is 50.3. The maximum absolute atomic E-state index is 13.4. The fraction of sp³-hybridized carbons (Fsp3) is 0.143. The molecule has 0 atom stereocenters. The standard InChI is InChI=1S/2C45H36O12S3.8CH4.2O3S/c1-30-3-18-38(19-4-30)59(49,50)41-24-26-44(45(29-41)60(51,52)53)57-36-11-7-32(8-12-36)27-31-5-9-33(10-6-31)55-34-13-20-39(21-14-34)58(47,48)40-22-15-35(16-23-40)56-37-17-25-43(54-2)42(46)28-37;1-30-3-18-38(19-4-30)59(49,50)41-24-26-44(45(29-41)60(51,52)53)57-37-17-25-43(42(46)28-37)56-36-15-22-40(23-16-36)58(47,48)39-20-13-35(14-21-39)55-34-11-7-32(8-12-34)27-31-5-9-33(54-2)10-6-31;;;;;;;;;2*1-4(2)3/h2*3-26,28-29,46H,27H2,1-2H3,(H,51,52,53);8*1H4;;. The van der Waals surface area contributed by atoms with Crippen LogP contribution in [-0.4, -0.2) is 109 Å². The van der Waals surface area contributed by atoms with Crippen LogP contribution in [0.15, 0.2) is 364 Å². The number of ether oxygens (including phenoxy) is 8. The van der Waals surface area contributed by atoms with Crippen molar-refractivity contribution in [1.82, 2.24) is 0 Å². The molecule has 0 saturated heterocycles. The highest BCUT2D eigenvalue weighted by molar-refractivity contribution is 7.92. The van der Waals surface area contributed by atoms with Gasteiger partial charge in [-0.15, -0.1) is 25.3 Å². The average Bonchev–Trinajstić information content (AvgIpc) is 0.781. The van der Waals surface area contributed by atoms with Crippen molar-refractivity contribution < 1.29 is 133 Å². The molecule has 14 aromatic rings. The summed E-state index contributed by atoms with van der Waals surface area (Å²) in [6, 6.07) is 79.9. The number of hydrogen-bond donors (Lipinski definition) is 4. The molecule has 0 amide bonds. The maximum atomic E-state index is 13.4. The van der Waals surface area contributed by atoms with E-state index in [-0.39, 0.29) is 133 Å². The van der Waals surface area contributed by atoms with Crippen LogP contribution in [0.2, 0.25) is 0 Å². The predicted molar refractivity (Wildman–Crippen MR) is 517 cm³/mol. The second-order valence-electron chi connectivity index (χ2n) is 27.3. The van der Waals surface area contributed by atoms with Gasteiger partial charge in [-0.25, -0.2) is 33.7 Å². The van der Waals surface area contributed by atoms with Crippen LogP contribution in [-0.2, 0) is 93.6 Å². The van der Waals surface area contributed by atoms with Crippen LogP contribution in [0.3, 0.4) is 0 Å². The molecular formula is C98H104O30S8. The Morgan fingerprint density at radius 2 is 0.419 bits per heavy atom. The Labute approximate surface area is 797 Å². The van der Waals surface area contributed by atoms with E-state index in [0.29, 0.717) is 46.7 Å². The molecule has 30 nitrogen and oxygen atoms in total.